The number of nitrogens with zero attached hydrogens (tertiary/aromatic N) is 2. The Bertz CT molecular complexity index is 646. The van der Waals surface area contributed by atoms with E-state index < -0.39 is 0 Å². The molecule has 1 aromatic heterocycles. The van der Waals surface area contributed by atoms with Crippen LogP contribution < -0.4 is 10.5 Å². The van der Waals surface area contributed by atoms with Crippen molar-refractivity contribution in [3.63, 3.8) is 0 Å². The van der Waals surface area contributed by atoms with Gasteiger partial charge in [0.15, 0.2) is 5.69 Å². The Hall–Kier alpha value is -2.54. The van der Waals surface area contributed by atoms with E-state index in [2.05, 4.69) is 18.8 Å². The number of nitriles is 1. The van der Waals surface area contributed by atoms with Gasteiger partial charge in [0.2, 0.25) is 5.88 Å². The quantitative estimate of drug-likeness (QED) is 0.913. The van der Waals surface area contributed by atoms with Gasteiger partial charge in [0.05, 0.1) is 5.69 Å². The third-order valence-electron chi connectivity index (χ3n) is 3.28. The number of benzene rings is 1. The number of para-hydroxylation sites is 1. The summed E-state index contributed by atoms with van der Waals surface area (Å²) < 4.78 is 5.81. The Morgan fingerprint density at radius 2 is 2.05 bits per heavy atom. The van der Waals surface area contributed by atoms with Crippen molar-refractivity contribution in [3.05, 3.63) is 47.7 Å². The second-order valence-corrected chi connectivity index (χ2v) is 4.65. The zero-order valence-electron chi connectivity index (χ0n) is 11.6. The Morgan fingerprint density at radius 3 is 2.75 bits per heavy atom. The van der Waals surface area contributed by atoms with Gasteiger partial charge in [-0.15, -0.1) is 0 Å². The molecule has 4 heteroatoms. The largest absolute Gasteiger partial charge is 0.439 e. The smallest absolute Gasteiger partial charge is 0.220 e. The first-order chi connectivity index (χ1) is 9.65. The summed E-state index contributed by atoms with van der Waals surface area (Å²) in [5.74, 6) is 1.55. The molecule has 2 aromatic rings. The average Bonchev–Trinajstić information content (AvgIpc) is 2.49. The first kappa shape index (κ1) is 13.9. The molecule has 0 aliphatic heterocycles. The molecule has 0 fully saturated rings. The van der Waals surface area contributed by atoms with Crippen molar-refractivity contribution in [1.29, 1.82) is 5.26 Å². The van der Waals surface area contributed by atoms with Gasteiger partial charge in [-0.2, -0.15) is 5.26 Å². The van der Waals surface area contributed by atoms with Crippen molar-refractivity contribution in [1.82, 2.24) is 4.98 Å². The van der Waals surface area contributed by atoms with Crippen molar-refractivity contribution in [2.75, 3.05) is 5.73 Å². The van der Waals surface area contributed by atoms with Gasteiger partial charge < -0.3 is 10.5 Å². The van der Waals surface area contributed by atoms with Crippen LogP contribution in [-0.4, -0.2) is 4.98 Å². The summed E-state index contributed by atoms with van der Waals surface area (Å²) in [6.07, 6.45) is 1.03. The number of hydrogen-bond acceptors (Lipinski definition) is 4. The van der Waals surface area contributed by atoms with E-state index in [0.29, 0.717) is 17.5 Å². The van der Waals surface area contributed by atoms with E-state index in [9.17, 15) is 0 Å². The minimum absolute atomic E-state index is 0.184. The molecule has 2 rings (SSSR count). The van der Waals surface area contributed by atoms with Gasteiger partial charge in [0.25, 0.3) is 0 Å². The van der Waals surface area contributed by atoms with E-state index in [0.717, 1.165) is 17.7 Å². The van der Waals surface area contributed by atoms with Gasteiger partial charge in [0, 0.05) is 6.07 Å². The molecule has 0 aliphatic carbocycles. The number of hydrogen-bond donors (Lipinski definition) is 1. The molecule has 0 bridgehead atoms. The number of ether oxygens (including phenoxy) is 1. The molecule has 0 spiro atoms. The molecule has 0 radical (unpaired) electrons. The maximum Gasteiger partial charge on any atom is 0.220 e. The van der Waals surface area contributed by atoms with Crippen molar-refractivity contribution < 1.29 is 4.74 Å². The number of nitrogen functional groups attached to an aromatic ring is 1. The average molecular weight is 267 g/mol. The van der Waals surface area contributed by atoms with Gasteiger partial charge in [-0.3, -0.25) is 0 Å². The molecule has 0 saturated carbocycles. The van der Waals surface area contributed by atoms with E-state index in [1.807, 2.05) is 30.3 Å². The number of aromatic nitrogens is 1. The Labute approximate surface area is 118 Å². The molecule has 0 aliphatic rings. The third-order valence-corrected chi connectivity index (χ3v) is 3.28. The molecule has 0 amide bonds. The highest BCUT2D eigenvalue weighted by Gasteiger charge is 2.11. The van der Waals surface area contributed by atoms with Crippen LogP contribution in [0.5, 0.6) is 11.6 Å². The predicted molar refractivity (Wildman–Crippen MR) is 78.6 cm³/mol. The fourth-order valence-corrected chi connectivity index (χ4v) is 1.91. The van der Waals surface area contributed by atoms with Crippen LogP contribution in [0.4, 0.5) is 5.69 Å². The molecule has 20 heavy (non-hydrogen) atoms. The molecule has 1 unspecified atom stereocenters. The van der Waals surface area contributed by atoms with Crippen LogP contribution in [0.15, 0.2) is 36.4 Å². The van der Waals surface area contributed by atoms with Gasteiger partial charge in [-0.05, 0) is 30.0 Å². The number of pyridine rings is 1. The molecule has 0 saturated heterocycles. The lowest BCUT2D eigenvalue weighted by atomic mass is 9.98. The summed E-state index contributed by atoms with van der Waals surface area (Å²) >= 11 is 0. The summed E-state index contributed by atoms with van der Waals surface area (Å²) in [5, 5.41) is 8.94. The SMILES string of the molecule is CCC(C)c1ccccc1Oc1ccc(N)c(C#N)n1. The lowest BCUT2D eigenvalue weighted by molar-refractivity contribution is 0.452. The highest BCUT2D eigenvalue weighted by Crippen LogP contribution is 2.31. The first-order valence-corrected chi connectivity index (χ1v) is 6.59. The van der Waals surface area contributed by atoms with Crippen molar-refractivity contribution in [3.8, 4) is 17.7 Å². The molecule has 1 aromatic carbocycles. The number of nitrogens with two attached hydrogens (primary N) is 1. The van der Waals surface area contributed by atoms with E-state index >= 15 is 0 Å². The van der Waals surface area contributed by atoms with Crippen LogP contribution in [0.2, 0.25) is 0 Å². The fraction of sp³-hybridized carbons (Fsp3) is 0.250. The second kappa shape index (κ2) is 6.07. The normalized spacial score (nSPS) is 11.7. The molecular formula is C16H17N3O. The highest BCUT2D eigenvalue weighted by molar-refractivity contribution is 5.51. The topological polar surface area (TPSA) is 71.9 Å². The van der Waals surface area contributed by atoms with Crippen LogP contribution in [-0.2, 0) is 0 Å². The summed E-state index contributed by atoms with van der Waals surface area (Å²) in [5.41, 5.74) is 7.32. The van der Waals surface area contributed by atoms with Crippen molar-refractivity contribution in [2.24, 2.45) is 0 Å². The Morgan fingerprint density at radius 1 is 1.30 bits per heavy atom. The van der Waals surface area contributed by atoms with Gasteiger partial charge >= 0.3 is 0 Å². The Kier molecular flexibility index (Phi) is 4.21. The first-order valence-electron chi connectivity index (χ1n) is 6.59. The summed E-state index contributed by atoms with van der Waals surface area (Å²) in [4.78, 5) is 4.10. The molecule has 4 nitrogen and oxygen atoms in total. The van der Waals surface area contributed by atoms with Gasteiger partial charge in [0.1, 0.15) is 11.8 Å². The maximum atomic E-state index is 8.94. The standard InChI is InChI=1S/C16H17N3O/c1-3-11(2)12-6-4-5-7-15(12)20-16-9-8-13(18)14(10-17)19-16/h4-9,11H,3,18H2,1-2H3. The monoisotopic (exact) mass is 267 g/mol. The summed E-state index contributed by atoms with van der Waals surface area (Å²) in [7, 11) is 0. The molecule has 102 valence electrons. The van der Waals surface area contributed by atoms with E-state index in [4.69, 9.17) is 15.7 Å². The highest BCUT2D eigenvalue weighted by atomic mass is 16.5. The van der Waals surface area contributed by atoms with E-state index in [1.54, 1.807) is 12.1 Å². The van der Waals surface area contributed by atoms with Gasteiger partial charge in [-0.1, -0.05) is 32.0 Å². The summed E-state index contributed by atoms with van der Waals surface area (Å²) in [6, 6.07) is 13.1. The van der Waals surface area contributed by atoms with E-state index in [1.165, 1.54) is 0 Å². The van der Waals surface area contributed by atoms with Crippen LogP contribution in [0.25, 0.3) is 0 Å². The minimum atomic E-state index is 0.184. The zero-order valence-corrected chi connectivity index (χ0v) is 11.6. The molecular weight excluding hydrogens is 250 g/mol. The lowest BCUT2D eigenvalue weighted by Gasteiger charge is -2.15. The van der Waals surface area contributed by atoms with Crippen molar-refractivity contribution in [2.45, 2.75) is 26.2 Å². The zero-order chi connectivity index (χ0) is 14.5. The maximum absolute atomic E-state index is 8.94. The fourth-order valence-electron chi connectivity index (χ4n) is 1.91. The van der Waals surface area contributed by atoms with Crippen LogP contribution in [0.3, 0.4) is 0 Å². The van der Waals surface area contributed by atoms with Crippen LogP contribution >= 0.6 is 0 Å². The predicted octanol–water partition coefficient (Wildman–Crippen LogP) is 3.84. The third kappa shape index (κ3) is 2.89. The lowest BCUT2D eigenvalue weighted by Crippen LogP contribution is -1.99. The van der Waals surface area contributed by atoms with Crippen molar-refractivity contribution >= 4 is 5.69 Å². The number of anilines is 1. The number of rotatable bonds is 4. The molecule has 1 heterocycles. The molecule has 1 atom stereocenters. The Balaban J connectivity index is 2.33. The van der Waals surface area contributed by atoms with E-state index in [-0.39, 0.29) is 5.69 Å². The van der Waals surface area contributed by atoms with Crippen LogP contribution in [0.1, 0.15) is 37.4 Å². The molecule has 2 N–H and O–H groups in total. The van der Waals surface area contributed by atoms with Crippen LogP contribution in [0, 0.1) is 11.3 Å². The summed E-state index contributed by atoms with van der Waals surface area (Å²) in [6.45, 7) is 4.29. The minimum Gasteiger partial charge on any atom is -0.439 e. The second-order valence-electron chi connectivity index (χ2n) is 4.65. The van der Waals surface area contributed by atoms with Gasteiger partial charge in [-0.25, -0.2) is 4.98 Å².